The summed E-state index contributed by atoms with van der Waals surface area (Å²) in [4.78, 5) is 23.9. The van der Waals surface area contributed by atoms with Crippen molar-refractivity contribution < 1.29 is 19.4 Å². The Morgan fingerprint density at radius 1 is 1.32 bits per heavy atom. The Balaban J connectivity index is 2.97. The first-order valence-corrected chi connectivity index (χ1v) is 5.71. The maximum absolute atomic E-state index is 11.9. The van der Waals surface area contributed by atoms with Crippen LogP contribution in [0.2, 0.25) is 0 Å². The number of benzene rings is 1. The van der Waals surface area contributed by atoms with Crippen molar-refractivity contribution in [2.75, 3.05) is 17.7 Å². The van der Waals surface area contributed by atoms with E-state index in [1.807, 2.05) is 0 Å². The molecule has 3 N–H and O–H groups in total. The van der Waals surface area contributed by atoms with Gasteiger partial charge in [0.25, 0.3) is 0 Å². The molecule has 6 nitrogen and oxygen atoms in total. The highest BCUT2D eigenvalue weighted by atomic mass is 16.6. The molecular weight excluding hydrogens is 248 g/mol. The first-order valence-electron chi connectivity index (χ1n) is 5.71. The Kier molecular flexibility index (Phi) is 4.04. The van der Waals surface area contributed by atoms with E-state index in [1.54, 1.807) is 20.8 Å². The number of aromatic carboxylic acids is 1. The normalized spacial score (nSPS) is 10.9. The van der Waals surface area contributed by atoms with Gasteiger partial charge in [0.2, 0.25) is 0 Å². The molecule has 0 bridgehead atoms. The predicted molar refractivity (Wildman–Crippen MR) is 72.5 cm³/mol. The van der Waals surface area contributed by atoms with Crippen LogP contribution in [0.25, 0.3) is 0 Å². The fourth-order valence-electron chi connectivity index (χ4n) is 1.42. The lowest BCUT2D eigenvalue weighted by Gasteiger charge is -2.25. The van der Waals surface area contributed by atoms with Crippen LogP contribution in [0, 0.1) is 0 Å². The monoisotopic (exact) mass is 266 g/mol. The molecular formula is C13H18N2O4. The van der Waals surface area contributed by atoms with Gasteiger partial charge in [-0.1, -0.05) is 0 Å². The summed E-state index contributed by atoms with van der Waals surface area (Å²) < 4.78 is 5.20. The standard InChI is InChI=1S/C13H18N2O4/c1-13(2,3)19-12(18)15(4)10-6-5-8(11(16)17)7-9(10)14/h5-7H,14H2,1-4H3,(H,16,17). The Morgan fingerprint density at radius 2 is 1.89 bits per heavy atom. The van der Waals surface area contributed by atoms with Gasteiger partial charge in [-0.25, -0.2) is 9.59 Å². The Bertz CT molecular complexity index is 506. The van der Waals surface area contributed by atoms with Crippen molar-refractivity contribution in [3.8, 4) is 0 Å². The van der Waals surface area contributed by atoms with Gasteiger partial charge in [-0.2, -0.15) is 0 Å². The molecule has 0 atom stereocenters. The van der Waals surface area contributed by atoms with Gasteiger partial charge in [-0.3, -0.25) is 4.90 Å². The first kappa shape index (κ1) is 14.8. The number of amides is 1. The van der Waals surface area contributed by atoms with Crippen LogP contribution in [-0.2, 0) is 4.74 Å². The number of carboxylic acid groups (broad SMARTS) is 1. The predicted octanol–water partition coefficient (Wildman–Crippen LogP) is 2.34. The van der Waals surface area contributed by atoms with Crippen molar-refractivity contribution in [2.24, 2.45) is 0 Å². The number of hydrogen-bond acceptors (Lipinski definition) is 4. The summed E-state index contributed by atoms with van der Waals surface area (Å²) in [6.07, 6.45) is -0.553. The van der Waals surface area contributed by atoms with Gasteiger partial charge in [-0.15, -0.1) is 0 Å². The molecule has 1 aromatic carbocycles. The van der Waals surface area contributed by atoms with Crippen LogP contribution in [0.1, 0.15) is 31.1 Å². The number of ether oxygens (including phenoxy) is 1. The zero-order valence-electron chi connectivity index (χ0n) is 11.4. The second-order valence-electron chi connectivity index (χ2n) is 5.12. The zero-order chi connectivity index (χ0) is 14.8. The lowest BCUT2D eigenvalue weighted by Crippen LogP contribution is -2.34. The van der Waals surface area contributed by atoms with Crippen LogP contribution < -0.4 is 10.6 Å². The highest BCUT2D eigenvalue weighted by Gasteiger charge is 2.22. The quantitative estimate of drug-likeness (QED) is 0.801. The molecule has 0 saturated carbocycles. The number of rotatable bonds is 2. The second kappa shape index (κ2) is 5.17. The van der Waals surface area contributed by atoms with E-state index in [1.165, 1.54) is 30.1 Å². The van der Waals surface area contributed by atoms with E-state index in [0.717, 1.165) is 0 Å². The fourth-order valence-corrected chi connectivity index (χ4v) is 1.42. The Morgan fingerprint density at radius 3 is 2.32 bits per heavy atom. The smallest absolute Gasteiger partial charge is 0.414 e. The highest BCUT2D eigenvalue weighted by Crippen LogP contribution is 2.25. The van der Waals surface area contributed by atoms with Gasteiger partial charge in [-0.05, 0) is 39.0 Å². The number of anilines is 2. The SMILES string of the molecule is CN(C(=O)OC(C)(C)C)c1ccc(C(=O)O)cc1N. The Hall–Kier alpha value is -2.24. The molecule has 0 saturated heterocycles. The molecule has 0 aliphatic heterocycles. The number of nitrogens with zero attached hydrogens (tertiary/aromatic N) is 1. The highest BCUT2D eigenvalue weighted by molar-refractivity contribution is 5.95. The minimum Gasteiger partial charge on any atom is -0.478 e. The zero-order valence-corrected chi connectivity index (χ0v) is 11.4. The number of carbonyl (C=O) groups excluding carboxylic acids is 1. The molecule has 6 heteroatoms. The minimum absolute atomic E-state index is 0.0684. The van der Waals surface area contributed by atoms with Gasteiger partial charge in [0.05, 0.1) is 16.9 Å². The molecule has 0 aliphatic rings. The summed E-state index contributed by atoms with van der Waals surface area (Å²) in [6, 6.07) is 4.16. The molecule has 0 aliphatic carbocycles. The molecule has 0 heterocycles. The van der Waals surface area contributed by atoms with Gasteiger partial charge < -0.3 is 15.6 Å². The third-order valence-electron chi connectivity index (χ3n) is 2.30. The number of nitrogen functional groups attached to an aromatic ring is 1. The molecule has 1 amide bonds. The van der Waals surface area contributed by atoms with E-state index in [-0.39, 0.29) is 11.3 Å². The van der Waals surface area contributed by atoms with Gasteiger partial charge in [0, 0.05) is 7.05 Å². The minimum atomic E-state index is -1.07. The number of nitrogens with two attached hydrogens (primary N) is 1. The maximum atomic E-state index is 11.9. The van der Waals surface area contributed by atoms with Crippen molar-refractivity contribution in [3.05, 3.63) is 23.8 Å². The van der Waals surface area contributed by atoms with Crippen molar-refractivity contribution >= 4 is 23.4 Å². The van der Waals surface area contributed by atoms with Crippen LogP contribution in [-0.4, -0.2) is 29.8 Å². The van der Waals surface area contributed by atoms with E-state index in [9.17, 15) is 9.59 Å². The molecule has 0 aromatic heterocycles. The van der Waals surface area contributed by atoms with E-state index >= 15 is 0 Å². The van der Waals surface area contributed by atoms with Crippen molar-refractivity contribution in [1.82, 2.24) is 0 Å². The van der Waals surface area contributed by atoms with E-state index < -0.39 is 17.7 Å². The number of carboxylic acids is 1. The molecule has 1 aromatic rings. The van der Waals surface area contributed by atoms with Crippen molar-refractivity contribution in [3.63, 3.8) is 0 Å². The molecule has 104 valence electrons. The van der Waals surface area contributed by atoms with E-state index in [4.69, 9.17) is 15.6 Å². The topological polar surface area (TPSA) is 92.9 Å². The number of carbonyl (C=O) groups is 2. The van der Waals surface area contributed by atoms with Gasteiger partial charge in [0.1, 0.15) is 5.60 Å². The molecule has 0 radical (unpaired) electrons. The van der Waals surface area contributed by atoms with Crippen LogP contribution in [0.3, 0.4) is 0 Å². The summed E-state index contributed by atoms with van der Waals surface area (Å²) in [7, 11) is 1.51. The molecule has 19 heavy (non-hydrogen) atoms. The summed E-state index contributed by atoms with van der Waals surface area (Å²) in [5.41, 5.74) is 5.81. The van der Waals surface area contributed by atoms with E-state index in [2.05, 4.69) is 0 Å². The second-order valence-corrected chi connectivity index (χ2v) is 5.12. The third kappa shape index (κ3) is 3.87. The van der Waals surface area contributed by atoms with Crippen molar-refractivity contribution in [1.29, 1.82) is 0 Å². The average Bonchev–Trinajstić information content (AvgIpc) is 2.25. The van der Waals surface area contributed by atoms with Crippen molar-refractivity contribution in [2.45, 2.75) is 26.4 Å². The first-order chi connectivity index (χ1) is 8.61. The summed E-state index contributed by atoms with van der Waals surface area (Å²) >= 11 is 0. The van der Waals surface area contributed by atoms with Gasteiger partial charge in [0.15, 0.2) is 0 Å². The van der Waals surface area contributed by atoms with Crippen LogP contribution >= 0.6 is 0 Å². The Labute approximate surface area is 111 Å². The summed E-state index contributed by atoms with van der Waals surface area (Å²) in [5.74, 6) is -1.07. The van der Waals surface area contributed by atoms with Crippen LogP contribution in [0.15, 0.2) is 18.2 Å². The lowest BCUT2D eigenvalue weighted by atomic mass is 10.1. The molecule has 0 spiro atoms. The third-order valence-corrected chi connectivity index (χ3v) is 2.30. The molecule has 0 fully saturated rings. The molecule has 0 unspecified atom stereocenters. The largest absolute Gasteiger partial charge is 0.478 e. The summed E-state index contributed by atoms with van der Waals surface area (Å²) in [6.45, 7) is 5.28. The number of hydrogen-bond donors (Lipinski definition) is 2. The maximum Gasteiger partial charge on any atom is 0.414 e. The van der Waals surface area contributed by atoms with E-state index in [0.29, 0.717) is 5.69 Å². The van der Waals surface area contributed by atoms with Gasteiger partial charge >= 0.3 is 12.1 Å². The summed E-state index contributed by atoms with van der Waals surface area (Å²) in [5, 5.41) is 8.84. The lowest BCUT2D eigenvalue weighted by molar-refractivity contribution is 0.0589. The van der Waals surface area contributed by atoms with Crippen LogP contribution in [0.4, 0.5) is 16.2 Å². The fraction of sp³-hybridized carbons (Fsp3) is 0.385. The van der Waals surface area contributed by atoms with Crippen LogP contribution in [0.5, 0.6) is 0 Å². The average molecular weight is 266 g/mol. The molecule has 1 rings (SSSR count).